The molecular weight excluding hydrogens is 474 g/mol. The summed E-state index contributed by atoms with van der Waals surface area (Å²) in [6, 6.07) is 14.5. The van der Waals surface area contributed by atoms with Gasteiger partial charge in [0.15, 0.2) is 11.6 Å². The number of sulfonamides is 1. The third-order valence-corrected chi connectivity index (χ3v) is 7.23. The summed E-state index contributed by atoms with van der Waals surface area (Å²) in [5, 5.41) is 0.641. The van der Waals surface area contributed by atoms with Crippen molar-refractivity contribution in [3.05, 3.63) is 90.3 Å². The van der Waals surface area contributed by atoms with Crippen LogP contribution in [-0.4, -0.2) is 42.4 Å². The maximum Gasteiger partial charge on any atom is 0.331 e. The predicted molar refractivity (Wildman–Crippen MR) is 128 cm³/mol. The number of pyridine rings is 1. The second-order valence-corrected chi connectivity index (χ2v) is 9.74. The molecule has 0 radical (unpaired) electrons. The van der Waals surface area contributed by atoms with Gasteiger partial charge in [0.1, 0.15) is 5.65 Å². The van der Waals surface area contributed by atoms with Crippen molar-refractivity contribution in [2.75, 3.05) is 13.1 Å². The van der Waals surface area contributed by atoms with Crippen LogP contribution in [0.2, 0.25) is 0 Å². The van der Waals surface area contributed by atoms with Crippen molar-refractivity contribution in [3.63, 3.8) is 0 Å². The van der Waals surface area contributed by atoms with E-state index in [2.05, 4.69) is 14.7 Å². The molecule has 1 aliphatic rings. The lowest BCUT2D eigenvalue weighted by atomic mass is 10.0. The van der Waals surface area contributed by atoms with Crippen molar-refractivity contribution in [3.8, 4) is 11.1 Å². The lowest BCUT2D eigenvalue weighted by Gasteiger charge is -2.26. The van der Waals surface area contributed by atoms with Gasteiger partial charge in [-0.3, -0.25) is 0 Å². The number of fused-ring (bicyclic) bond motifs is 1. The fourth-order valence-electron chi connectivity index (χ4n) is 4.08. The van der Waals surface area contributed by atoms with Gasteiger partial charge in [-0.2, -0.15) is 0 Å². The molecular formula is C25H20F2N4O3S. The topological polar surface area (TPSA) is 95.2 Å². The lowest BCUT2D eigenvalue weighted by Crippen LogP contribution is -2.44. The van der Waals surface area contributed by atoms with Gasteiger partial charge < -0.3 is 9.88 Å². The fourth-order valence-corrected chi connectivity index (χ4v) is 5.08. The summed E-state index contributed by atoms with van der Waals surface area (Å²) in [6.07, 6.45) is 3.82. The molecule has 10 heteroatoms. The van der Waals surface area contributed by atoms with Crippen LogP contribution in [0, 0.1) is 11.6 Å². The maximum absolute atomic E-state index is 14.4. The molecule has 0 fully saturated rings. The molecule has 2 N–H and O–H groups in total. The number of carbonyl (C=O) groups is 1. The Kier molecular flexibility index (Phi) is 5.81. The maximum atomic E-state index is 14.4. The van der Waals surface area contributed by atoms with Crippen LogP contribution in [0.1, 0.15) is 12.1 Å². The van der Waals surface area contributed by atoms with E-state index in [1.54, 1.807) is 24.3 Å². The number of rotatable bonds is 4. The van der Waals surface area contributed by atoms with Gasteiger partial charge in [-0.05, 0) is 47.9 Å². The van der Waals surface area contributed by atoms with Crippen molar-refractivity contribution < 1.29 is 22.0 Å². The number of nitrogens with one attached hydrogen (secondary N) is 2. The number of halogens is 2. The van der Waals surface area contributed by atoms with Gasteiger partial charge in [0.25, 0.3) is 10.0 Å². The van der Waals surface area contributed by atoms with E-state index in [1.807, 2.05) is 12.1 Å². The monoisotopic (exact) mass is 494 g/mol. The first kappa shape index (κ1) is 22.7. The number of amides is 2. The van der Waals surface area contributed by atoms with Crippen molar-refractivity contribution in [1.82, 2.24) is 19.6 Å². The van der Waals surface area contributed by atoms with Crippen molar-refractivity contribution in [1.29, 1.82) is 0 Å². The normalized spacial score (nSPS) is 14.1. The molecule has 7 nitrogen and oxygen atoms in total. The number of benzene rings is 2. The zero-order valence-corrected chi connectivity index (χ0v) is 19.1. The van der Waals surface area contributed by atoms with Crippen LogP contribution in [0.3, 0.4) is 0 Å². The van der Waals surface area contributed by atoms with Crippen LogP contribution in [0.4, 0.5) is 13.6 Å². The van der Waals surface area contributed by atoms with Crippen LogP contribution in [0.25, 0.3) is 27.7 Å². The standard InChI is InChI=1S/C25H20F2N4O3S/c26-21-8-4-7-19(23(21)27)18-9-12-28-24-20(18)15-22(29-24)16-10-13-31(14-11-16)25(32)30-35(33,34)17-5-2-1-3-6-17/h1-10,12,15H,11,13-14H2,(H,28,29)(H,30,32). The number of hydrogen-bond acceptors (Lipinski definition) is 4. The predicted octanol–water partition coefficient (Wildman–Crippen LogP) is 4.70. The Hall–Kier alpha value is -4.05. The average molecular weight is 495 g/mol. The average Bonchev–Trinajstić information content (AvgIpc) is 3.31. The molecule has 1 aliphatic heterocycles. The number of urea groups is 1. The summed E-state index contributed by atoms with van der Waals surface area (Å²) in [7, 11) is -3.96. The Morgan fingerprint density at radius 3 is 2.57 bits per heavy atom. The summed E-state index contributed by atoms with van der Waals surface area (Å²) in [4.78, 5) is 21.5. The number of carbonyl (C=O) groups excluding carboxylic acids is 1. The van der Waals surface area contributed by atoms with E-state index in [-0.39, 0.29) is 17.0 Å². The van der Waals surface area contributed by atoms with Crippen LogP contribution >= 0.6 is 0 Å². The molecule has 2 aromatic heterocycles. The van der Waals surface area contributed by atoms with Gasteiger partial charge >= 0.3 is 6.03 Å². The molecule has 5 rings (SSSR count). The highest BCUT2D eigenvalue weighted by atomic mass is 32.2. The lowest BCUT2D eigenvalue weighted by molar-refractivity contribution is 0.209. The molecule has 0 spiro atoms. The zero-order valence-electron chi connectivity index (χ0n) is 18.3. The van der Waals surface area contributed by atoms with Gasteiger partial charge in [0.05, 0.1) is 4.90 Å². The molecule has 3 heterocycles. The molecule has 0 atom stereocenters. The Bertz CT molecular complexity index is 1570. The van der Waals surface area contributed by atoms with Gasteiger partial charge in [0.2, 0.25) is 0 Å². The number of nitrogens with zero attached hydrogens (tertiary/aromatic N) is 2. The zero-order chi connectivity index (χ0) is 24.6. The molecule has 178 valence electrons. The number of aromatic amines is 1. The molecule has 0 aliphatic carbocycles. The molecule has 35 heavy (non-hydrogen) atoms. The highest BCUT2D eigenvalue weighted by molar-refractivity contribution is 7.90. The molecule has 0 bridgehead atoms. The Labute approximate surface area is 200 Å². The van der Waals surface area contributed by atoms with E-state index >= 15 is 0 Å². The second-order valence-electron chi connectivity index (χ2n) is 8.05. The first-order valence-corrected chi connectivity index (χ1v) is 12.3. The Balaban J connectivity index is 1.36. The van der Waals surface area contributed by atoms with Gasteiger partial charge in [-0.15, -0.1) is 0 Å². The molecule has 0 unspecified atom stereocenters. The summed E-state index contributed by atoms with van der Waals surface area (Å²) >= 11 is 0. The van der Waals surface area contributed by atoms with Crippen LogP contribution < -0.4 is 4.72 Å². The highest BCUT2D eigenvalue weighted by Gasteiger charge is 2.24. The first-order chi connectivity index (χ1) is 16.8. The third kappa shape index (κ3) is 4.40. The molecule has 2 amide bonds. The van der Waals surface area contributed by atoms with Crippen molar-refractivity contribution >= 4 is 32.7 Å². The SMILES string of the molecule is O=C(NS(=O)(=O)c1ccccc1)N1CC=C(c2cc3c(-c4cccc(F)c4F)ccnc3[nH]2)CC1. The molecule has 0 saturated carbocycles. The van der Waals surface area contributed by atoms with E-state index in [0.29, 0.717) is 29.6 Å². The fraction of sp³-hybridized carbons (Fsp3) is 0.120. The minimum absolute atomic E-state index is 0.0118. The summed E-state index contributed by atoms with van der Waals surface area (Å²) < 4.78 is 55.2. The molecule has 2 aromatic carbocycles. The van der Waals surface area contributed by atoms with Gasteiger partial charge in [-0.1, -0.05) is 36.4 Å². The summed E-state index contributed by atoms with van der Waals surface area (Å²) in [6.45, 7) is 0.510. The van der Waals surface area contributed by atoms with Crippen LogP contribution in [0.15, 0.2) is 77.8 Å². The second kappa shape index (κ2) is 8.95. The van der Waals surface area contributed by atoms with E-state index in [0.717, 1.165) is 17.3 Å². The highest BCUT2D eigenvalue weighted by Crippen LogP contribution is 2.33. The number of aromatic nitrogens is 2. The number of H-pyrrole nitrogens is 1. The van der Waals surface area contributed by atoms with Crippen molar-refractivity contribution in [2.45, 2.75) is 11.3 Å². The van der Waals surface area contributed by atoms with Gasteiger partial charge in [-0.25, -0.2) is 31.7 Å². The Morgan fingerprint density at radius 2 is 1.83 bits per heavy atom. The van der Waals surface area contributed by atoms with E-state index in [9.17, 15) is 22.0 Å². The minimum atomic E-state index is -3.96. The smallest absolute Gasteiger partial charge is 0.331 e. The first-order valence-electron chi connectivity index (χ1n) is 10.8. The minimum Gasteiger partial charge on any atom is -0.339 e. The summed E-state index contributed by atoms with van der Waals surface area (Å²) in [5.41, 5.74) is 2.83. The molecule has 4 aromatic rings. The van der Waals surface area contributed by atoms with E-state index < -0.39 is 27.7 Å². The van der Waals surface area contributed by atoms with Crippen molar-refractivity contribution in [2.24, 2.45) is 0 Å². The Morgan fingerprint density at radius 1 is 1.03 bits per heavy atom. The quantitative estimate of drug-likeness (QED) is 0.430. The van der Waals surface area contributed by atoms with Crippen LogP contribution in [-0.2, 0) is 10.0 Å². The van der Waals surface area contributed by atoms with E-state index in [4.69, 9.17) is 0 Å². The number of hydrogen-bond donors (Lipinski definition) is 2. The van der Waals surface area contributed by atoms with Crippen LogP contribution in [0.5, 0.6) is 0 Å². The largest absolute Gasteiger partial charge is 0.339 e. The third-order valence-electron chi connectivity index (χ3n) is 5.89. The van der Waals surface area contributed by atoms with Gasteiger partial charge in [0, 0.05) is 35.9 Å². The molecule has 0 saturated heterocycles. The van der Waals surface area contributed by atoms with E-state index in [1.165, 1.54) is 35.4 Å². The summed E-state index contributed by atoms with van der Waals surface area (Å²) in [5.74, 6) is -1.85.